The van der Waals surface area contributed by atoms with E-state index in [0.29, 0.717) is 5.92 Å². The van der Waals surface area contributed by atoms with Crippen LogP contribution in [-0.4, -0.2) is 26.5 Å². The Kier molecular flexibility index (Phi) is 3.05. The summed E-state index contributed by atoms with van der Waals surface area (Å²) in [4.78, 5) is 2.26. The lowest BCUT2D eigenvalue weighted by molar-refractivity contribution is 0.168. The topological polar surface area (TPSA) is 75.4 Å². The van der Waals surface area contributed by atoms with Crippen molar-refractivity contribution in [2.75, 3.05) is 13.1 Å². The van der Waals surface area contributed by atoms with Crippen molar-refractivity contribution in [3.8, 4) is 0 Å². The van der Waals surface area contributed by atoms with E-state index in [4.69, 9.17) is 5.14 Å². The fraction of sp³-hybridized carbons (Fsp3) is 1.00. The maximum absolute atomic E-state index is 10.6. The number of nitrogens with zero attached hydrogens (tertiary/aromatic N) is 1. The van der Waals surface area contributed by atoms with Gasteiger partial charge in [0.15, 0.2) is 0 Å². The zero-order chi connectivity index (χ0) is 9.19. The monoisotopic (exact) mass is 193 g/mol. The Bertz CT molecular complexity index is 231. The molecule has 0 saturated carbocycles. The number of hydrogen-bond acceptors (Lipinski definition) is 3. The second-order valence-electron chi connectivity index (χ2n) is 3.31. The Morgan fingerprint density at radius 3 is 2.33 bits per heavy atom. The van der Waals surface area contributed by atoms with Gasteiger partial charge in [0.2, 0.25) is 0 Å². The summed E-state index contributed by atoms with van der Waals surface area (Å²) in [6, 6.07) is 0. The maximum atomic E-state index is 10.6. The number of nitrogens with two attached hydrogens (primary N) is 1. The van der Waals surface area contributed by atoms with E-state index >= 15 is 0 Å². The molecule has 0 radical (unpaired) electrons. The molecule has 0 aromatic heterocycles. The number of piperidine rings is 1. The van der Waals surface area contributed by atoms with E-state index < -0.39 is 10.2 Å². The SMILES string of the molecule is CC1CCN(NS(N)(=O)=O)CC1. The average molecular weight is 193 g/mol. The first-order chi connectivity index (χ1) is 5.47. The molecule has 1 saturated heterocycles. The highest BCUT2D eigenvalue weighted by Gasteiger charge is 2.17. The molecule has 0 amide bonds. The Labute approximate surface area is 73.1 Å². The Hall–Kier alpha value is -0.170. The lowest BCUT2D eigenvalue weighted by Crippen LogP contribution is -2.48. The van der Waals surface area contributed by atoms with Crippen LogP contribution in [0.5, 0.6) is 0 Å². The lowest BCUT2D eigenvalue weighted by Gasteiger charge is -2.29. The van der Waals surface area contributed by atoms with Crippen LogP contribution >= 0.6 is 0 Å². The third kappa shape index (κ3) is 3.48. The minimum Gasteiger partial charge on any atom is -0.230 e. The van der Waals surface area contributed by atoms with Crippen LogP contribution in [0.3, 0.4) is 0 Å². The molecule has 3 N–H and O–H groups in total. The first-order valence-corrected chi connectivity index (χ1v) is 5.57. The maximum Gasteiger partial charge on any atom is 0.287 e. The van der Waals surface area contributed by atoms with Gasteiger partial charge in [0.1, 0.15) is 0 Å². The molecule has 1 rings (SSSR count). The van der Waals surface area contributed by atoms with E-state index in [2.05, 4.69) is 11.8 Å². The van der Waals surface area contributed by atoms with E-state index in [1.165, 1.54) is 0 Å². The van der Waals surface area contributed by atoms with Gasteiger partial charge in [-0.25, -0.2) is 10.1 Å². The van der Waals surface area contributed by atoms with E-state index in [9.17, 15) is 8.42 Å². The van der Waals surface area contributed by atoms with Crippen molar-refractivity contribution in [3.05, 3.63) is 0 Å². The predicted molar refractivity (Wildman–Crippen MR) is 46.2 cm³/mol. The first-order valence-electron chi connectivity index (χ1n) is 4.02. The minimum absolute atomic E-state index is 0.684. The van der Waals surface area contributed by atoms with Crippen molar-refractivity contribution in [1.29, 1.82) is 0 Å². The second kappa shape index (κ2) is 3.69. The molecule has 0 spiro atoms. The van der Waals surface area contributed by atoms with E-state index in [1.807, 2.05) is 0 Å². The summed E-state index contributed by atoms with van der Waals surface area (Å²) in [5.41, 5.74) is 0. The average Bonchev–Trinajstić information content (AvgIpc) is 1.91. The molecule has 72 valence electrons. The zero-order valence-electron chi connectivity index (χ0n) is 7.16. The summed E-state index contributed by atoms with van der Waals surface area (Å²) in [7, 11) is -3.57. The molecule has 1 aliphatic heterocycles. The predicted octanol–water partition coefficient (Wildman–Crippen LogP) is -0.574. The van der Waals surface area contributed by atoms with Gasteiger partial charge in [-0.05, 0) is 18.8 Å². The van der Waals surface area contributed by atoms with Crippen LogP contribution in [0.4, 0.5) is 0 Å². The quantitative estimate of drug-likeness (QED) is 0.616. The Morgan fingerprint density at radius 2 is 1.92 bits per heavy atom. The Morgan fingerprint density at radius 1 is 1.42 bits per heavy atom. The van der Waals surface area contributed by atoms with Crippen LogP contribution < -0.4 is 9.97 Å². The first kappa shape index (κ1) is 9.91. The molecular formula is C6H15N3O2S. The van der Waals surface area contributed by atoms with Gasteiger partial charge in [-0.2, -0.15) is 8.42 Å². The highest BCUT2D eigenvalue weighted by molar-refractivity contribution is 7.87. The van der Waals surface area contributed by atoms with E-state index in [0.717, 1.165) is 25.9 Å². The van der Waals surface area contributed by atoms with Gasteiger partial charge in [-0.3, -0.25) is 0 Å². The largest absolute Gasteiger partial charge is 0.287 e. The normalized spacial score (nSPS) is 22.8. The van der Waals surface area contributed by atoms with Crippen LogP contribution in [-0.2, 0) is 10.2 Å². The van der Waals surface area contributed by atoms with Crippen LogP contribution in [0, 0.1) is 5.92 Å². The van der Waals surface area contributed by atoms with Crippen LogP contribution in [0.15, 0.2) is 0 Å². The van der Waals surface area contributed by atoms with Gasteiger partial charge in [-0.1, -0.05) is 6.92 Å². The minimum atomic E-state index is -3.57. The van der Waals surface area contributed by atoms with Crippen LogP contribution in [0.2, 0.25) is 0 Å². The smallest absolute Gasteiger partial charge is 0.230 e. The van der Waals surface area contributed by atoms with Crippen LogP contribution in [0.25, 0.3) is 0 Å². The van der Waals surface area contributed by atoms with Gasteiger partial charge < -0.3 is 0 Å². The molecule has 0 aromatic rings. The second-order valence-corrected chi connectivity index (χ2v) is 4.58. The fourth-order valence-corrected chi connectivity index (χ4v) is 1.82. The number of rotatable bonds is 2. The molecule has 1 aliphatic rings. The summed E-state index contributed by atoms with van der Waals surface area (Å²) in [5.74, 6) is 0.684. The number of hydrogen-bond donors (Lipinski definition) is 2. The molecular weight excluding hydrogens is 178 g/mol. The van der Waals surface area contributed by atoms with Crippen molar-refractivity contribution in [2.24, 2.45) is 11.1 Å². The molecule has 0 atom stereocenters. The standard InChI is InChI=1S/C6H15N3O2S/c1-6-2-4-9(5-3-6)8-12(7,10)11/h6,8H,2-5H2,1H3,(H2,7,10,11). The van der Waals surface area contributed by atoms with Crippen molar-refractivity contribution < 1.29 is 8.42 Å². The molecule has 1 fully saturated rings. The lowest BCUT2D eigenvalue weighted by atomic mass is 10.0. The van der Waals surface area contributed by atoms with Gasteiger partial charge in [0, 0.05) is 13.1 Å². The molecule has 0 bridgehead atoms. The highest BCUT2D eigenvalue weighted by Crippen LogP contribution is 2.14. The third-order valence-electron chi connectivity index (χ3n) is 2.04. The molecule has 6 heteroatoms. The summed E-state index contributed by atoms with van der Waals surface area (Å²) in [6.45, 7) is 3.66. The van der Waals surface area contributed by atoms with Crippen LogP contribution in [0.1, 0.15) is 19.8 Å². The van der Waals surface area contributed by atoms with Crippen molar-refractivity contribution in [2.45, 2.75) is 19.8 Å². The number of nitrogens with one attached hydrogen (secondary N) is 1. The Balaban J connectivity index is 2.36. The van der Waals surface area contributed by atoms with Gasteiger partial charge in [0.05, 0.1) is 0 Å². The number of hydrazine groups is 1. The molecule has 12 heavy (non-hydrogen) atoms. The molecule has 0 aliphatic carbocycles. The summed E-state index contributed by atoms with van der Waals surface area (Å²) in [5, 5.41) is 6.47. The third-order valence-corrected chi connectivity index (χ3v) is 2.55. The summed E-state index contributed by atoms with van der Waals surface area (Å²) < 4.78 is 21.2. The van der Waals surface area contributed by atoms with Gasteiger partial charge in [-0.15, -0.1) is 4.83 Å². The molecule has 1 heterocycles. The molecule has 5 nitrogen and oxygen atoms in total. The van der Waals surface area contributed by atoms with Gasteiger partial charge >= 0.3 is 0 Å². The summed E-state index contributed by atoms with van der Waals surface area (Å²) >= 11 is 0. The van der Waals surface area contributed by atoms with E-state index in [-0.39, 0.29) is 0 Å². The molecule has 0 unspecified atom stereocenters. The highest BCUT2D eigenvalue weighted by atomic mass is 32.2. The van der Waals surface area contributed by atoms with Gasteiger partial charge in [0.25, 0.3) is 10.2 Å². The van der Waals surface area contributed by atoms with Crippen molar-refractivity contribution in [1.82, 2.24) is 9.84 Å². The molecule has 0 aromatic carbocycles. The van der Waals surface area contributed by atoms with Crippen molar-refractivity contribution in [3.63, 3.8) is 0 Å². The summed E-state index contributed by atoms with van der Waals surface area (Å²) in [6.07, 6.45) is 2.03. The fourth-order valence-electron chi connectivity index (χ4n) is 1.28. The van der Waals surface area contributed by atoms with Crippen molar-refractivity contribution >= 4 is 10.2 Å². The van der Waals surface area contributed by atoms with E-state index in [1.54, 1.807) is 5.01 Å². The zero-order valence-corrected chi connectivity index (χ0v) is 7.97.